The molecule has 0 radical (unpaired) electrons. The molecule has 0 heterocycles. The van der Waals surface area contributed by atoms with Crippen LogP contribution in [-0.2, 0) is 0 Å². The van der Waals surface area contributed by atoms with Crippen molar-refractivity contribution in [2.45, 2.75) is 83.7 Å². The van der Waals surface area contributed by atoms with Gasteiger partial charge < -0.3 is 0 Å². The first kappa shape index (κ1) is 17.1. The summed E-state index contributed by atoms with van der Waals surface area (Å²) in [4.78, 5) is 0. The third kappa shape index (κ3) is 13.1. The second kappa shape index (κ2) is 14.1. The zero-order chi connectivity index (χ0) is 13.5. The Balaban J connectivity index is 3.12. The molecule has 0 spiro atoms. The lowest BCUT2D eigenvalue weighted by Gasteiger charge is -2.00. The molecule has 0 saturated heterocycles. The van der Waals surface area contributed by atoms with Crippen LogP contribution in [0.25, 0.3) is 0 Å². The topological polar surface area (TPSA) is 0 Å². The minimum Gasteiger partial charge on any atom is -0.219 e. The highest BCUT2D eigenvalue weighted by Gasteiger charge is 1.93. The van der Waals surface area contributed by atoms with Gasteiger partial charge in [0.05, 0.1) is 0 Å². The van der Waals surface area contributed by atoms with Gasteiger partial charge >= 0.3 is 0 Å². The molecule has 0 fully saturated rings. The first-order valence-electron chi connectivity index (χ1n) is 7.39. The highest BCUT2D eigenvalue weighted by atomic mass is 19.1. The number of hydrogen-bond acceptors (Lipinski definition) is 0. The number of halogens is 1. The van der Waals surface area contributed by atoms with Gasteiger partial charge in [0.2, 0.25) is 6.17 Å². The van der Waals surface area contributed by atoms with Gasteiger partial charge in [0.15, 0.2) is 0 Å². The fourth-order valence-corrected chi connectivity index (χ4v) is 1.90. The van der Waals surface area contributed by atoms with E-state index < -0.39 is 6.17 Å². The van der Waals surface area contributed by atoms with Crippen LogP contribution in [-0.4, -0.2) is 6.17 Å². The van der Waals surface area contributed by atoms with E-state index in [4.69, 9.17) is 6.42 Å². The molecular formula is C17H27F. The average Bonchev–Trinajstić information content (AvgIpc) is 2.39. The molecule has 0 N–H and O–H groups in total. The van der Waals surface area contributed by atoms with Crippen molar-refractivity contribution in [3.05, 3.63) is 0 Å². The van der Waals surface area contributed by atoms with Crippen molar-refractivity contribution >= 4 is 0 Å². The summed E-state index contributed by atoms with van der Waals surface area (Å²) in [5, 5.41) is 0. The van der Waals surface area contributed by atoms with Gasteiger partial charge in [-0.1, -0.05) is 82.5 Å². The van der Waals surface area contributed by atoms with Gasteiger partial charge in [-0.05, 0) is 6.42 Å². The molecule has 0 rings (SSSR count). The molecule has 0 aromatic carbocycles. The molecule has 0 bridgehead atoms. The zero-order valence-electron chi connectivity index (χ0n) is 11.8. The van der Waals surface area contributed by atoms with Gasteiger partial charge in [-0.3, -0.25) is 0 Å². The normalized spacial score (nSPS) is 11.4. The Labute approximate surface area is 113 Å². The molecule has 0 aromatic rings. The summed E-state index contributed by atoms with van der Waals surface area (Å²) in [6.45, 7) is 2.25. The van der Waals surface area contributed by atoms with Crippen LogP contribution in [0.5, 0.6) is 0 Å². The minimum absolute atomic E-state index is 0.776. The molecule has 0 amide bonds. The molecule has 1 unspecified atom stereocenters. The Kier molecular flexibility index (Phi) is 13.4. The summed E-state index contributed by atoms with van der Waals surface area (Å²) in [6, 6.07) is 0. The fourth-order valence-electron chi connectivity index (χ4n) is 1.90. The van der Waals surface area contributed by atoms with Crippen LogP contribution in [0.1, 0.15) is 77.6 Å². The van der Waals surface area contributed by atoms with Crippen molar-refractivity contribution < 1.29 is 4.39 Å². The Morgan fingerprint density at radius 3 is 1.89 bits per heavy atom. The van der Waals surface area contributed by atoms with E-state index in [1.807, 2.05) is 5.92 Å². The second-order valence-corrected chi connectivity index (χ2v) is 4.78. The van der Waals surface area contributed by atoms with Crippen LogP contribution < -0.4 is 0 Å². The predicted octanol–water partition coefficient (Wildman–Crippen LogP) is 5.27. The highest BCUT2D eigenvalue weighted by molar-refractivity contribution is 5.16. The first-order chi connectivity index (χ1) is 8.81. The van der Waals surface area contributed by atoms with E-state index in [1.54, 1.807) is 0 Å². The van der Waals surface area contributed by atoms with Gasteiger partial charge in [-0.2, -0.15) is 0 Å². The average molecular weight is 250 g/mol. The van der Waals surface area contributed by atoms with Crippen LogP contribution in [0.4, 0.5) is 4.39 Å². The van der Waals surface area contributed by atoms with Crippen molar-refractivity contribution in [2.75, 3.05) is 0 Å². The Bertz CT molecular complexity index is 264. The van der Waals surface area contributed by atoms with E-state index in [1.165, 1.54) is 57.8 Å². The lowest BCUT2D eigenvalue weighted by molar-refractivity contribution is 0.494. The maximum Gasteiger partial charge on any atom is 0.220 e. The van der Waals surface area contributed by atoms with E-state index >= 15 is 0 Å². The highest BCUT2D eigenvalue weighted by Crippen LogP contribution is 2.10. The largest absolute Gasteiger partial charge is 0.220 e. The van der Waals surface area contributed by atoms with Crippen molar-refractivity contribution in [2.24, 2.45) is 0 Å². The molecule has 0 aliphatic rings. The maximum atomic E-state index is 12.5. The molecule has 0 nitrogen and oxygen atoms in total. The van der Waals surface area contributed by atoms with Crippen molar-refractivity contribution in [1.29, 1.82) is 0 Å². The van der Waals surface area contributed by atoms with Crippen LogP contribution >= 0.6 is 0 Å². The molecule has 18 heavy (non-hydrogen) atoms. The summed E-state index contributed by atoms with van der Waals surface area (Å²) >= 11 is 0. The van der Waals surface area contributed by atoms with Gasteiger partial charge in [0.1, 0.15) is 0 Å². The Hall–Kier alpha value is -0.950. The third-order valence-corrected chi connectivity index (χ3v) is 3.03. The van der Waals surface area contributed by atoms with Gasteiger partial charge in [-0.25, -0.2) is 4.39 Å². The lowest BCUT2D eigenvalue weighted by Crippen LogP contribution is -1.87. The van der Waals surface area contributed by atoms with Crippen LogP contribution in [0.15, 0.2) is 0 Å². The number of rotatable bonds is 10. The van der Waals surface area contributed by atoms with Crippen LogP contribution in [0.2, 0.25) is 0 Å². The number of unbranched alkanes of at least 4 members (excludes halogenated alkanes) is 10. The van der Waals surface area contributed by atoms with E-state index in [9.17, 15) is 4.39 Å². The molecule has 0 aliphatic carbocycles. The van der Waals surface area contributed by atoms with Crippen molar-refractivity contribution in [3.63, 3.8) is 0 Å². The van der Waals surface area contributed by atoms with E-state index in [2.05, 4.69) is 18.8 Å². The maximum absolute atomic E-state index is 12.5. The van der Waals surface area contributed by atoms with Crippen LogP contribution in [0, 0.1) is 24.2 Å². The van der Waals surface area contributed by atoms with Gasteiger partial charge in [0, 0.05) is 6.42 Å². The van der Waals surface area contributed by atoms with E-state index in [0.29, 0.717) is 0 Å². The third-order valence-electron chi connectivity index (χ3n) is 3.03. The number of alkyl halides is 1. The van der Waals surface area contributed by atoms with E-state index in [-0.39, 0.29) is 0 Å². The smallest absolute Gasteiger partial charge is 0.219 e. The summed E-state index contributed by atoms with van der Waals surface area (Å²) in [7, 11) is 0. The summed E-state index contributed by atoms with van der Waals surface area (Å²) in [5.74, 6) is 7.17. The lowest BCUT2D eigenvalue weighted by atomic mass is 10.1. The molecule has 1 heteroatoms. The second-order valence-electron chi connectivity index (χ2n) is 4.78. The number of terminal acetylenes is 1. The summed E-state index contributed by atoms with van der Waals surface area (Å²) < 4.78 is 12.5. The minimum atomic E-state index is -1.38. The molecule has 0 aliphatic heterocycles. The Morgan fingerprint density at radius 1 is 0.889 bits per heavy atom. The fraction of sp³-hybridized carbons (Fsp3) is 0.765. The Morgan fingerprint density at radius 2 is 1.39 bits per heavy atom. The molecular weight excluding hydrogens is 223 g/mol. The standard InChI is InChI=1S/C17H27F/c1-3-5-6-7-8-9-10-11-12-13-14-15-16-17(18)4-2/h2,17H,3,5-14H2,1H3. The SMILES string of the molecule is C#CC(F)C#CCCCCCCCCCCCC. The quantitative estimate of drug-likeness (QED) is 0.366. The van der Waals surface area contributed by atoms with Crippen molar-refractivity contribution in [3.8, 4) is 24.2 Å². The zero-order valence-corrected chi connectivity index (χ0v) is 11.8. The van der Waals surface area contributed by atoms with Gasteiger partial charge in [-0.15, -0.1) is 6.42 Å². The summed E-state index contributed by atoms with van der Waals surface area (Å²) in [5.41, 5.74) is 0. The van der Waals surface area contributed by atoms with Gasteiger partial charge in [0.25, 0.3) is 0 Å². The first-order valence-corrected chi connectivity index (χ1v) is 7.39. The molecule has 102 valence electrons. The predicted molar refractivity (Wildman–Crippen MR) is 78.0 cm³/mol. The molecule has 1 atom stereocenters. The number of hydrogen-bond donors (Lipinski definition) is 0. The monoisotopic (exact) mass is 250 g/mol. The molecule has 0 saturated carbocycles. The summed E-state index contributed by atoms with van der Waals surface area (Å²) in [6.07, 6.45) is 17.4. The molecule has 0 aromatic heterocycles. The van der Waals surface area contributed by atoms with Crippen LogP contribution in [0.3, 0.4) is 0 Å². The van der Waals surface area contributed by atoms with Crippen molar-refractivity contribution in [1.82, 2.24) is 0 Å². The van der Waals surface area contributed by atoms with E-state index in [0.717, 1.165) is 12.8 Å².